The molecule has 2 aromatic carbocycles. The lowest BCUT2D eigenvalue weighted by Crippen LogP contribution is -2.29. The Morgan fingerprint density at radius 1 is 1.14 bits per heavy atom. The van der Waals surface area contributed by atoms with Gasteiger partial charge in [0.1, 0.15) is 5.92 Å². The molecule has 1 unspecified atom stereocenters. The van der Waals surface area contributed by atoms with Gasteiger partial charge in [-0.1, -0.05) is 48.5 Å². The molecule has 1 atom stereocenters. The second-order valence-electron chi connectivity index (χ2n) is 5.18. The Morgan fingerprint density at radius 2 is 1.82 bits per heavy atom. The van der Waals surface area contributed by atoms with E-state index in [1.165, 1.54) is 0 Å². The third-order valence-corrected chi connectivity index (χ3v) is 3.77. The first-order valence-corrected chi connectivity index (χ1v) is 7.01. The topological polar surface area (TPSA) is 70.1 Å². The van der Waals surface area contributed by atoms with Gasteiger partial charge in [0.05, 0.1) is 11.6 Å². The Balaban J connectivity index is 2.07. The van der Waals surface area contributed by atoms with Crippen LogP contribution in [-0.4, -0.2) is 5.91 Å². The first-order chi connectivity index (χ1) is 10.7. The van der Waals surface area contributed by atoms with Gasteiger partial charge < -0.3 is 10.6 Å². The SMILES string of the molecule is N#CC1C(C(N)=O)=CN(Cc2ccccc2)c2ccccc21. The number of hydrogen-bond donors (Lipinski definition) is 1. The number of nitrogens with two attached hydrogens (primary N) is 1. The number of carbonyl (C=O) groups is 1. The van der Waals surface area contributed by atoms with E-state index in [1.54, 1.807) is 6.20 Å². The summed E-state index contributed by atoms with van der Waals surface area (Å²) in [7, 11) is 0. The molecular weight excluding hydrogens is 274 g/mol. The molecule has 3 rings (SSSR count). The molecule has 0 fully saturated rings. The van der Waals surface area contributed by atoms with E-state index in [0.29, 0.717) is 12.1 Å². The van der Waals surface area contributed by atoms with Crippen molar-refractivity contribution < 1.29 is 4.79 Å². The average Bonchev–Trinajstić information content (AvgIpc) is 2.55. The molecule has 0 aliphatic carbocycles. The predicted octanol–water partition coefficient (Wildman–Crippen LogP) is 2.68. The lowest BCUT2D eigenvalue weighted by Gasteiger charge is -2.31. The summed E-state index contributed by atoms with van der Waals surface area (Å²) in [5, 5.41) is 9.42. The number of anilines is 1. The lowest BCUT2D eigenvalue weighted by molar-refractivity contribution is -0.114. The van der Waals surface area contributed by atoms with Crippen molar-refractivity contribution in [3.05, 3.63) is 77.5 Å². The van der Waals surface area contributed by atoms with Crippen LogP contribution in [0.4, 0.5) is 5.69 Å². The molecule has 22 heavy (non-hydrogen) atoms. The number of nitriles is 1. The van der Waals surface area contributed by atoms with E-state index in [1.807, 2.05) is 59.5 Å². The van der Waals surface area contributed by atoms with Crippen LogP contribution in [0.2, 0.25) is 0 Å². The van der Waals surface area contributed by atoms with Crippen LogP contribution in [0.1, 0.15) is 17.0 Å². The highest BCUT2D eigenvalue weighted by Gasteiger charge is 2.29. The van der Waals surface area contributed by atoms with Crippen molar-refractivity contribution in [3.63, 3.8) is 0 Å². The first-order valence-electron chi connectivity index (χ1n) is 7.01. The lowest BCUT2D eigenvalue weighted by atomic mass is 9.88. The van der Waals surface area contributed by atoms with Gasteiger partial charge in [0.15, 0.2) is 0 Å². The molecule has 4 nitrogen and oxygen atoms in total. The van der Waals surface area contributed by atoms with E-state index in [9.17, 15) is 10.1 Å². The van der Waals surface area contributed by atoms with Crippen molar-refractivity contribution in [2.75, 3.05) is 4.90 Å². The van der Waals surface area contributed by atoms with E-state index in [-0.39, 0.29) is 0 Å². The smallest absolute Gasteiger partial charge is 0.247 e. The van der Waals surface area contributed by atoms with Crippen LogP contribution in [0.15, 0.2) is 66.4 Å². The average molecular weight is 289 g/mol. The maximum absolute atomic E-state index is 11.7. The molecule has 1 heterocycles. The number of para-hydroxylation sites is 1. The van der Waals surface area contributed by atoms with Gasteiger partial charge in [-0.2, -0.15) is 5.26 Å². The van der Waals surface area contributed by atoms with Gasteiger partial charge in [-0.3, -0.25) is 4.79 Å². The molecule has 4 heteroatoms. The molecule has 1 aliphatic rings. The minimum absolute atomic E-state index is 0.331. The molecule has 0 aromatic heterocycles. The molecular formula is C18H15N3O. The summed E-state index contributed by atoms with van der Waals surface area (Å²) >= 11 is 0. The largest absolute Gasteiger partial charge is 0.366 e. The highest BCUT2D eigenvalue weighted by atomic mass is 16.1. The molecule has 1 amide bonds. The number of amides is 1. The molecule has 2 aromatic rings. The molecule has 0 bridgehead atoms. The molecule has 0 saturated carbocycles. The van der Waals surface area contributed by atoms with Crippen molar-refractivity contribution >= 4 is 11.6 Å². The quantitative estimate of drug-likeness (QED) is 0.944. The predicted molar refractivity (Wildman–Crippen MR) is 84.7 cm³/mol. The fourth-order valence-corrected chi connectivity index (χ4v) is 2.73. The van der Waals surface area contributed by atoms with Crippen LogP contribution in [0, 0.1) is 11.3 Å². The zero-order chi connectivity index (χ0) is 15.5. The van der Waals surface area contributed by atoms with Gasteiger partial charge in [0.2, 0.25) is 5.91 Å². The summed E-state index contributed by atoms with van der Waals surface area (Å²) in [5.41, 5.74) is 8.66. The van der Waals surface area contributed by atoms with E-state index in [2.05, 4.69) is 6.07 Å². The first kappa shape index (κ1) is 13.9. The monoisotopic (exact) mass is 289 g/mol. The van der Waals surface area contributed by atoms with Crippen molar-refractivity contribution in [3.8, 4) is 6.07 Å². The van der Waals surface area contributed by atoms with Gasteiger partial charge in [-0.05, 0) is 17.2 Å². The fraction of sp³-hybridized carbons (Fsp3) is 0.111. The van der Waals surface area contributed by atoms with E-state index in [4.69, 9.17) is 5.73 Å². The van der Waals surface area contributed by atoms with E-state index >= 15 is 0 Å². The molecule has 2 N–H and O–H groups in total. The number of carbonyl (C=O) groups excluding carboxylic acids is 1. The summed E-state index contributed by atoms with van der Waals surface area (Å²) in [4.78, 5) is 13.7. The number of benzene rings is 2. The van der Waals surface area contributed by atoms with Gasteiger partial charge in [-0.25, -0.2) is 0 Å². The third kappa shape index (κ3) is 2.45. The third-order valence-electron chi connectivity index (χ3n) is 3.77. The Labute approximate surface area is 129 Å². The Morgan fingerprint density at radius 3 is 2.50 bits per heavy atom. The van der Waals surface area contributed by atoms with Crippen molar-refractivity contribution in [1.82, 2.24) is 0 Å². The van der Waals surface area contributed by atoms with Crippen LogP contribution < -0.4 is 10.6 Å². The summed E-state index contributed by atoms with van der Waals surface area (Å²) in [6.45, 7) is 0.618. The van der Waals surface area contributed by atoms with Gasteiger partial charge in [0, 0.05) is 18.4 Å². The molecule has 0 spiro atoms. The van der Waals surface area contributed by atoms with Crippen LogP contribution in [-0.2, 0) is 11.3 Å². The summed E-state index contributed by atoms with van der Waals surface area (Å²) in [6, 6.07) is 19.8. The molecule has 0 radical (unpaired) electrons. The van der Waals surface area contributed by atoms with Crippen LogP contribution >= 0.6 is 0 Å². The normalized spacial score (nSPS) is 16.4. The summed E-state index contributed by atoms with van der Waals surface area (Å²) in [6.07, 6.45) is 1.70. The van der Waals surface area contributed by atoms with Gasteiger partial charge in [-0.15, -0.1) is 0 Å². The molecule has 108 valence electrons. The highest BCUT2D eigenvalue weighted by molar-refractivity contribution is 5.96. The second kappa shape index (κ2) is 5.74. The van der Waals surface area contributed by atoms with E-state index < -0.39 is 11.8 Å². The minimum Gasteiger partial charge on any atom is -0.366 e. The van der Waals surface area contributed by atoms with Crippen molar-refractivity contribution in [2.45, 2.75) is 12.5 Å². The zero-order valence-corrected chi connectivity index (χ0v) is 11.9. The van der Waals surface area contributed by atoms with Crippen LogP contribution in [0.3, 0.4) is 0 Å². The van der Waals surface area contributed by atoms with E-state index in [0.717, 1.165) is 16.8 Å². The van der Waals surface area contributed by atoms with Crippen LogP contribution in [0.25, 0.3) is 0 Å². The Hall–Kier alpha value is -3.06. The number of rotatable bonds is 3. The zero-order valence-electron chi connectivity index (χ0n) is 11.9. The van der Waals surface area contributed by atoms with Crippen molar-refractivity contribution in [2.24, 2.45) is 5.73 Å². The van der Waals surface area contributed by atoms with Gasteiger partial charge in [0.25, 0.3) is 0 Å². The number of hydrogen-bond acceptors (Lipinski definition) is 3. The summed E-state index contributed by atoms with van der Waals surface area (Å²) < 4.78 is 0. The maximum atomic E-state index is 11.7. The second-order valence-corrected chi connectivity index (χ2v) is 5.18. The van der Waals surface area contributed by atoms with Gasteiger partial charge >= 0.3 is 0 Å². The highest BCUT2D eigenvalue weighted by Crippen LogP contribution is 2.37. The molecule has 0 saturated heterocycles. The fourth-order valence-electron chi connectivity index (χ4n) is 2.73. The number of primary amides is 1. The number of fused-ring (bicyclic) bond motifs is 1. The maximum Gasteiger partial charge on any atom is 0.247 e. The Kier molecular flexibility index (Phi) is 3.63. The summed E-state index contributed by atoms with van der Waals surface area (Å²) in [5.74, 6) is -1.17. The Bertz CT molecular complexity index is 774. The van der Waals surface area contributed by atoms with Crippen molar-refractivity contribution in [1.29, 1.82) is 5.26 Å². The molecule has 1 aliphatic heterocycles. The number of nitrogens with zero attached hydrogens (tertiary/aromatic N) is 2. The standard InChI is InChI=1S/C18H15N3O/c19-10-15-14-8-4-5-9-17(14)21(12-16(15)18(20)22)11-13-6-2-1-3-7-13/h1-9,12,15H,11H2,(H2,20,22). The van der Waals surface area contributed by atoms with Crippen LogP contribution in [0.5, 0.6) is 0 Å². The minimum atomic E-state index is -0.610.